The van der Waals surface area contributed by atoms with Gasteiger partial charge in [-0.25, -0.2) is 9.97 Å². The summed E-state index contributed by atoms with van der Waals surface area (Å²) in [6, 6.07) is 8.21. The highest BCUT2D eigenvalue weighted by Gasteiger charge is 2.10. The van der Waals surface area contributed by atoms with Crippen LogP contribution < -0.4 is 5.32 Å². The summed E-state index contributed by atoms with van der Waals surface area (Å²) in [5, 5.41) is 11.6. The molecule has 7 nitrogen and oxygen atoms in total. The van der Waals surface area contributed by atoms with Gasteiger partial charge in [0.1, 0.15) is 5.69 Å². The number of benzene rings is 1. The zero-order chi connectivity index (χ0) is 16.9. The predicted molar refractivity (Wildman–Crippen MR) is 88.4 cm³/mol. The molecule has 3 aromatic rings. The van der Waals surface area contributed by atoms with Crippen molar-refractivity contribution in [2.45, 2.75) is 20.1 Å². The lowest BCUT2D eigenvalue weighted by molar-refractivity contribution is 0.102. The Bertz CT molecular complexity index is 842. The van der Waals surface area contributed by atoms with Crippen LogP contribution in [0.2, 0.25) is 0 Å². The first-order valence-corrected chi connectivity index (χ1v) is 7.44. The molecule has 0 unspecified atom stereocenters. The van der Waals surface area contributed by atoms with Crippen molar-refractivity contribution in [3.8, 4) is 0 Å². The van der Waals surface area contributed by atoms with Gasteiger partial charge in [-0.05, 0) is 12.5 Å². The van der Waals surface area contributed by atoms with Crippen LogP contribution in [-0.2, 0) is 13.2 Å². The highest BCUT2D eigenvalue weighted by molar-refractivity contribution is 6.01. The fourth-order valence-electron chi connectivity index (χ4n) is 2.27. The Morgan fingerprint density at radius 3 is 2.83 bits per heavy atom. The highest BCUT2D eigenvalue weighted by atomic mass is 16.3. The molecule has 0 spiro atoms. The van der Waals surface area contributed by atoms with Crippen molar-refractivity contribution in [3.63, 3.8) is 0 Å². The number of nitrogens with zero attached hydrogens (tertiary/aromatic N) is 4. The molecule has 1 amide bonds. The summed E-state index contributed by atoms with van der Waals surface area (Å²) in [5.41, 5.74) is 2.94. The Balaban J connectivity index is 1.65. The number of imidazole rings is 1. The molecule has 0 radical (unpaired) electrons. The van der Waals surface area contributed by atoms with Crippen LogP contribution in [0.25, 0.3) is 0 Å². The molecule has 0 saturated carbocycles. The van der Waals surface area contributed by atoms with E-state index < -0.39 is 5.91 Å². The number of aliphatic hydroxyl groups is 1. The lowest BCUT2D eigenvalue weighted by atomic mass is 10.1. The van der Waals surface area contributed by atoms with Gasteiger partial charge in [0.15, 0.2) is 5.82 Å². The fourth-order valence-corrected chi connectivity index (χ4v) is 2.27. The second kappa shape index (κ2) is 7.01. The summed E-state index contributed by atoms with van der Waals surface area (Å²) in [4.78, 5) is 24.2. The van der Waals surface area contributed by atoms with E-state index in [-0.39, 0.29) is 12.3 Å². The first-order valence-electron chi connectivity index (χ1n) is 7.44. The SMILES string of the molecule is Cc1cccc(Cn2cnc(NC(=O)c3cnc(CO)cn3)c2)c1. The van der Waals surface area contributed by atoms with E-state index in [1.807, 2.05) is 29.7 Å². The van der Waals surface area contributed by atoms with Crippen molar-refractivity contribution in [2.75, 3.05) is 5.32 Å². The molecule has 2 N–H and O–H groups in total. The Kier molecular flexibility index (Phi) is 4.62. The third-order valence-electron chi connectivity index (χ3n) is 3.42. The van der Waals surface area contributed by atoms with Gasteiger partial charge in [-0.1, -0.05) is 29.8 Å². The Morgan fingerprint density at radius 1 is 1.25 bits per heavy atom. The summed E-state index contributed by atoms with van der Waals surface area (Å²) in [6.45, 7) is 2.51. The summed E-state index contributed by atoms with van der Waals surface area (Å²) in [6.07, 6.45) is 6.12. The van der Waals surface area contributed by atoms with Crippen molar-refractivity contribution < 1.29 is 9.90 Å². The largest absolute Gasteiger partial charge is 0.390 e. The molecule has 0 atom stereocenters. The van der Waals surface area contributed by atoms with Gasteiger partial charge in [0.2, 0.25) is 0 Å². The van der Waals surface area contributed by atoms with Gasteiger partial charge in [-0.15, -0.1) is 0 Å². The minimum absolute atomic E-state index is 0.167. The van der Waals surface area contributed by atoms with Crippen molar-refractivity contribution in [3.05, 3.63) is 71.7 Å². The van der Waals surface area contributed by atoms with E-state index >= 15 is 0 Å². The van der Waals surface area contributed by atoms with E-state index in [1.165, 1.54) is 18.0 Å². The maximum Gasteiger partial charge on any atom is 0.277 e. The van der Waals surface area contributed by atoms with Gasteiger partial charge in [0.05, 0.1) is 31.0 Å². The predicted octanol–water partition coefficient (Wildman–Crippen LogP) is 1.77. The normalized spacial score (nSPS) is 10.6. The van der Waals surface area contributed by atoms with E-state index in [4.69, 9.17) is 5.11 Å². The first-order chi connectivity index (χ1) is 11.6. The number of carbonyl (C=O) groups excluding carboxylic acids is 1. The molecule has 0 fully saturated rings. The molecular weight excluding hydrogens is 306 g/mol. The molecule has 0 aliphatic rings. The number of aliphatic hydroxyl groups excluding tert-OH is 1. The van der Waals surface area contributed by atoms with Gasteiger partial charge in [0.25, 0.3) is 5.91 Å². The van der Waals surface area contributed by atoms with Crippen molar-refractivity contribution in [2.24, 2.45) is 0 Å². The lowest BCUT2D eigenvalue weighted by Crippen LogP contribution is -2.14. The van der Waals surface area contributed by atoms with Crippen LogP contribution in [0.5, 0.6) is 0 Å². The van der Waals surface area contributed by atoms with Crippen LogP contribution >= 0.6 is 0 Å². The number of aromatic nitrogens is 4. The molecule has 2 heterocycles. The molecule has 0 bridgehead atoms. The average molecular weight is 323 g/mol. The molecule has 1 aromatic carbocycles. The topological polar surface area (TPSA) is 92.9 Å². The van der Waals surface area contributed by atoms with Crippen molar-refractivity contribution in [1.82, 2.24) is 19.5 Å². The van der Waals surface area contributed by atoms with E-state index in [0.29, 0.717) is 18.1 Å². The molecule has 0 aliphatic heterocycles. The number of anilines is 1. The Morgan fingerprint density at radius 2 is 2.12 bits per heavy atom. The first kappa shape index (κ1) is 15.8. The highest BCUT2D eigenvalue weighted by Crippen LogP contribution is 2.10. The minimum atomic E-state index is -0.396. The molecule has 0 aliphatic carbocycles. The van der Waals surface area contributed by atoms with Gasteiger partial charge in [0, 0.05) is 12.7 Å². The van der Waals surface area contributed by atoms with Crippen molar-refractivity contribution in [1.29, 1.82) is 0 Å². The standard InChI is InChI=1S/C17H17N5O2/c1-12-3-2-4-13(5-12)8-22-9-16(20-11-22)21-17(24)15-7-18-14(10-23)6-19-15/h2-7,9,11,23H,8,10H2,1H3,(H,21,24). The molecule has 2 aromatic heterocycles. The van der Waals surface area contributed by atoms with Crippen LogP contribution in [0.1, 0.15) is 27.3 Å². The van der Waals surface area contributed by atoms with E-state index in [2.05, 4.69) is 26.3 Å². The van der Waals surface area contributed by atoms with E-state index in [0.717, 1.165) is 5.56 Å². The van der Waals surface area contributed by atoms with Crippen LogP contribution in [-0.4, -0.2) is 30.5 Å². The minimum Gasteiger partial charge on any atom is -0.390 e. The zero-order valence-electron chi connectivity index (χ0n) is 13.2. The zero-order valence-corrected chi connectivity index (χ0v) is 13.2. The average Bonchev–Trinajstić information content (AvgIpc) is 3.02. The van der Waals surface area contributed by atoms with E-state index in [1.54, 1.807) is 12.5 Å². The smallest absolute Gasteiger partial charge is 0.277 e. The lowest BCUT2D eigenvalue weighted by Gasteiger charge is -2.03. The van der Waals surface area contributed by atoms with Crippen LogP contribution in [0.15, 0.2) is 49.2 Å². The fraction of sp³-hybridized carbons (Fsp3) is 0.176. The Labute approximate surface area is 139 Å². The summed E-state index contributed by atoms with van der Waals surface area (Å²) in [7, 11) is 0. The maximum absolute atomic E-state index is 12.1. The van der Waals surface area contributed by atoms with Crippen LogP contribution in [0, 0.1) is 6.92 Å². The number of rotatable bonds is 5. The number of nitrogens with one attached hydrogen (secondary N) is 1. The Hall–Kier alpha value is -3.06. The number of hydrogen-bond donors (Lipinski definition) is 2. The summed E-state index contributed by atoms with van der Waals surface area (Å²) < 4.78 is 1.89. The van der Waals surface area contributed by atoms with Gasteiger partial charge >= 0.3 is 0 Å². The van der Waals surface area contributed by atoms with Gasteiger partial charge in [-0.2, -0.15) is 0 Å². The van der Waals surface area contributed by atoms with Crippen LogP contribution in [0.4, 0.5) is 5.82 Å². The summed E-state index contributed by atoms with van der Waals surface area (Å²) >= 11 is 0. The maximum atomic E-state index is 12.1. The third kappa shape index (κ3) is 3.82. The van der Waals surface area contributed by atoms with Crippen molar-refractivity contribution >= 4 is 11.7 Å². The molecule has 122 valence electrons. The summed E-state index contributed by atoms with van der Waals surface area (Å²) in [5.74, 6) is 0.0495. The molecule has 7 heteroatoms. The molecule has 24 heavy (non-hydrogen) atoms. The van der Waals surface area contributed by atoms with Gasteiger partial charge < -0.3 is 15.0 Å². The second-order valence-electron chi connectivity index (χ2n) is 5.43. The number of carbonyl (C=O) groups is 1. The van der Waals surface area contributed by atoms with Gasteiger partial charge in [-0.3, -0.25) is 9.78 Å². The third-order valence-corrected chi connectivity index (χ3v) is 3.42. The monoisotopic (exact) mass is 323 g/mol. The second-order valence-corrected chi connectivity index (χ2v) is 5.43. The number of aryl methyl sites for hydroxylation is 1. The van der Waals surface area contributed by atoms with E-state index in [9.17, 15) is 4.79 Å². The van der Waals surface area contributed by atoms with Crippen LogP contribution in [0.3, 0.4) is 0 Å². The molecule has 3 rings (SSSR count). The molecular formula is C17H17N5O2. The molecule has 0 saturated heterocycles. The number of hydrogen-bond acceptors (Lipinski definition) is 5. The number of amides is 1. The quantitative estimate of drug-likeness (QED) is 0.746.